The molecule has 0 amide bonds. The SMILES string of the molecule is CC(C)C(O)c1ccc(Cl)cc1F. The van der Waals surface area contributed by atoms with Gasteiger partial charge in [0.2, 0.25) is 0 Å². The second-order valence-corrected chi connectivity index (χ2v) is 3.79. The van der Waals surface area contributed by atoms with E-state index in [9.17, 15) is 9.50 Å². The molecule has 1 unspecified atom stereocenters. The molecule has 72 valence electrons. The molecule has 0 radical (unpaired) electrons. The van der Waals surface area contributed by atoms with E-state index in [-0.39, 0.29) is 5.92 Å². The molecule has 1 atom stereocenters. The van der Waals surface area contributed by atoms with Crippen molar-refractivity contribution in [3.05, 3.63) is 34.6 Å². The van der Waals surface area contributed by atoms with E-state index in [2.05, 4.69) is 0 Å². The molecule has 0 bridgehead atoms. The van der Waals surface area contributed by atoms with Crippen molar-refractivity contribution in [2.45, 2.75) is 20.0 Å². The molecule has 1 rings (SSSR count). The van der Waals surface area contributed by atoms with Gasteiger partial charge in [0.15, 0.2) is 0 Å². The van der Waals surface area contributed by atoms with Gasteiger partial charge in [0.1, 0.15) is 5.82 Å². The molecule has 0 fully saturated rings. The van der Waals surface area contributed by atoms with Gasteiger partial charge in [-0.1, -0.05) is 31.5 Å². The maximum Gasteiger partial charge on any atom is 0.130 e. The zero-order valence-electron chi connectivity index (χ0n) is 7.59. The normalized spacial score (nSPS) is 13.4. The summed E-state index contributed by atoms with van der Waals surface area (Å²) in [5.74, 6) is -0.454. The van der Waals surface area contributed by atoms with Gasteiger partial charge in [-0.15, -0.1) is 0 Å². The first-order valence-corrected chi connectivity index (χ1v) is 4.53. The molecular weight excluding hydrogens is 191 g/mol. The van der Waals surface area contributed by atoms with Crippen molar-refractivity contribution in [1.29, 1.82) is 0 Å². The second-order valence-electron chi connectivity index (χ2n) is 3.35. The summed E-state index contributed by atoms with van der Waals surface area (Å²) in [6, 6.07) is 4.30. The van der Waals surface area contributed by atoms with Crippen LogP contribution in [0.25, 0.3) is 0 Å². The Morgan fingerprint density at radius 1 is 1.38 bits per heavy atom. The Morgan fingerprint density at radius 2 is 2.00 bits per heavy atom. The van der Waals surface area contributed by atoms with Crippen molar-refractivity contribution in [3.8, 4) is 0 Å². The van der Waals surface area contributed by atoms with Crippen molar-refractivity contribution >= 4 is 11.6 Å². The van der Waals surface area contributed by atoms with Crippen LogP contribution >= 0.6 is 11.6 Å². The average Bonchev–Trinajstić information content (AvgIpc) is 2.03. The van der Waals surface area contributed by atoms with E-state index in [0.29, 0.717) is 10.6 Å². The Balaban J connectivity index is 3.01. The van der Waals surface area contributed by atoms with Crippen LogP contribution in [0.2, 0.25) is 5.02 Å². The second kappa shape index (κ2) is 4.07. The molecule has 0 saturated carbocycles. The van der Waals surface area contributed by atoms with Crippen molar-refractivity contribution in [2.24, 2.45) is 5.92 Å². The third kappa shape index (κ3) is 2.42. The third-order valence-corrected chi connectivity index (χ3v) is 2.15. The maximum absolute atomic E-state index is 13.2. The summed E-state index contributed by atoms with van der Waals surface area (Å²) in [5.41, 5.74) is 0.305. The van der Waals surface area contributed by atoms with Crippen molar-refractivity contribution < 1.29 is 9.50 Å². The minimum atomic E-state index is -0.766. The zero-order chi connectivity index (χ0) is 10.0. The van der Waals surface area contributed by atoms with Gasteiger partial charge in [0.25, 0.3) is 0 Å². The van der Waals surface area contributed by atoms with Crippen LogP contribution in [-0.4, -0.2) is 5.11 Å². The minimum Gasteiger partial charge on any atom is -0.388 e. The zero-order valence-corrected chi connectivity index (χ0v) is 8.35. The first kappa shape index (κ1) is 10.5. The summed E-state index contributed by atoms with van der Waals surface area (Å²) in [5, 5.41) is 9.93. The lowest BCUT2D eigenvalue weighted by Gasteiger charge is -2.15. The molecule has 0 saturated heterocycles. The molecule has 13 heavy (non-hydrogen) atoms. The van der Waals surface area contributed by atoms with Crippen LogP contribution in [0.4, 0.5) is 4.39 Å². The van der Waals surface area contributed by atoms with E-state index in [1.807, 2.05) is 13.8 Å². The van der Waals surface area contributed by atoms with E-state index in [4.69, 9.17) is 11.6 Å². The molecule has 0 aromatic heterocycles. The quantitative estimate of drug-likeness (QED) is 0.781. The Labute approximate surface area is 82.2 Å². The lowest BCUT2D eigenvalue weighted by atomic mass is 9.99. The van der Waals surface area contributed by atoms with Gasteiger partial charge in [-0.05, 0) is 18.1 Å². The molecule has 1 aromatic rings. The Morgan fingerprint density at radius 3 is 2.46 bits per heavy atom. The van der Waals surface area contributed by atoms with Crippen LogP contribution in [0.1, 0.15) is 25.5 Å². The fourth-order valence-corrected chi connectivity index (χ4v) is 1.26. The highest BCUT2D eigenvalue weighted by Gasteiger charge is 2.15. The third-order valence-electron chi connectivity index (χ3n) is 1.91. The summed E-state index contributed by atoms with van der Waals surface area (Å²) in [6.45, 7) is 3.66. The van der Waals surface area contributed by atoms with Crippen molar-refractivity contribution in [3.63, 3.8) is 0 Å². The topological polar surface area (TPSA) is 20.2 Å². The van der Waals surface area contributed by atoms with E-state index >= 15 is 0 Å². The average molecular weight is 203 g/mol. The van der Waals surface area contributed by atoms with Gasteiger partial charge in [-0.2, -0.15) is 0 Å². The highest BCUT2D eigenvalue weighted by Crippen LogP contribution is 2.25. The molecule has 0 heterocycles. The monoisotopic (exact) mass is 202 g/mol. The molecule has 3 heteroatoms. The predicted octanol–water partition coefficient (Wildman–Crippen LogP) is 3.17. The minimum absolute atomic E-state index is 0.00400. The van der Waals surface area contributed by atoms with E-state index in [1.54, 1.807) is 6.07 Å². The Hall–Kier alpha value is -0.600. The highest BCUT2D eigenvalue weighted by atomic mass is 35.5. The lowest BCUT2D eigenvalue weighted by molar-refractivity contribution is 0.123. The standard InChI is InChI=1S/C10H12ClFO/c1-6(2)10(13)8-4-3-7(11)5-9(8)12/h3-6,10,13H,1-2H3. The van der Waals surface area contributed by atoms with E-state index in [0.717, 1.165) is 0 Å². The summed E-state index contributed by atoms with van der Waals surface area (Å²) in [7, 11) is 0. The Bertz CT molecular complexity index is 299. The van der Waals surface area contributed by atoms with Crippen LogP contribution in [0, 0.1) is 11.7 Å². The molecule has 0 aliphatic rings. The number of aliphatic hydroxyl groups is 1. The van der Waals surface area contributed by atoms with Crippen molar-refractivity contribution in [1.82, 2.24) is 0 Å². The molecule has 0 spiro atoms. The molecule has 1 N–H and O–H groups in total. The van der Waals surface area contributed by atoms with Gasteiger partial charge >= 0.3 is 0 Å². The summed E-state index contributed by atoms with van der Waals surface area (Å²) in [4.78, 5) is 0. The van der Waals surface area contributed by atoms with Crippen LogP contribution in [0.15, 0.2) is 18.2 Å². The largest absolute Gasteiger partial charge is 0.388 e. The van der Waals surface area contributed by atoms with Gasteiger partial charge in [0, 0.05) is 10.6 Å². The van der Waals surface area contributed by atoms with Crippen LogP contribution < -0.4 is 0 Å². The van der Waals surface area contributed by atoms with Gasteiger partial charge in [0.05, 0.1) is 6.10 Å². The van der Waals surface area contributed by atoms with Crippen LogP contribution in [-0.2, 0) is 0 Å². The number of halogens is 2. The predicted molar refractivity (Wildman–Crippen MR) is 51.2 cm³/mol. The molecule has 1 aromatic carbocycles. The summed E-state index contributed by atoms with van der Waals surface area (Å²) >= 11 is 5.58. The van der Waals surface area contributed by atoms with E-state index < -0.39 is 11.9 Å². The maximum atomic E-state index is 13.2. The smallest absolute Gasteiger partial charge is 0.130 e. The van der Waals surface area contributed by atoms with Crippen LogP contribution in [0.5, 0.6) is 0 Å². The number of hydrogen-bond donors (Lipinski definition) is 1. The highest BCUT2D eigenvalue weighted by molar-refractivity contribution is 6.30. The lowest BCUT2D eigenvalue weighted by Crippen LogP contribution is -2.07. The summed E-state index contributed by atoms with van der Waals surface area (Å²) in [6.07, 6.45) is -0.766. The van der Waals surface area contributed by atoms with Gasteiger partial charge < -0.3 is 5.11 Å². The first-order chi connectivity index (χ1) is 6.02. The van der Waals surface area contributed by atoms with Gasteiger partial charge in [-0.25, -0.2) is 4.39 Å². The molecular formula is C10H12ClFO. The summed E-state index contributed by atoms with van der Waals surface area (Å²) < 4.78 is 13.2. The van der Waals surface area contributed by atoms with Crippen molar-refractivity contribution in [2.75, 3.05) is 0 Å². The number of rotatable bonds is 2. The van der Waals surface area contributed by atoms with Gasteiger partial charge in [-0.3, -0.25) is 0 Å². The fourth-order valence-electron chi connectivity index (χ4n) is 1.10. The number of aliphatic hydroxyl groups excluding tert-OH is 1. The first-order valence-electron chi connectivity index (χ1n) is 4.15. The molecule has 0 aliphatic carbocycles. The molecule has 1 nitrogen and oxygen atoms in total. The van der Waals surface area contributed by atoms with E-state index in [1.165, 1.54) is 12.1 Å². The fraction of sp³-hybridized carbons (Fsp3) is 0.400. The molecule has 0 aliphatic heterocycles. The number of hydrogen-bond acceptors (Lipinski definition) is 1. The Kier molecular flexibility index (Phi) is 3.28. The number of benzene rings is 1. The van der Waals surface area contributed by atoms with Crippen LogP contribution in [0.3, 0.4) is 0 Å².